The van der Waals surface area contributed by atoms with Crippen molar-refractivity contribution in [1.82, 2.24) is 0 Å². The molecule has 8 nitrogen and oxygen atoms in total. The van der Waals surface area contributed by atoms with E-state index in [0.29, 0.717) is 11.8 Å². The van der Waals surface area contributed by atoms with Crippen molar-refractivity contribution >= 4 is 33.0 Å². The number of fused-ring (bicyclic) bond motifs is 5. The molecule has 0 aromatic heterocycles. The highest BCUT2D eigenvalue weighted by Crippen LogP contribution is 2.56. The number of amides is 2. The highest BCUT2D eigenvalue weighted by atomic mass is 32.2. The highest BCUT2D eigenvalue weighted by Gasteiger charge is 2.71. The summed E-state index contributed by atoms with van der Waals surface area (Å²) in [6, 6.07) is 10.6. The molecule has 0 N–H and O–H groups in total. The summed E-state index contributed by atoms with van der Waals surface area (Å²) in [6.07, 6.45) is -3.75. The Morgan fingerprint density at radius 3 is 2.11 bits per heavy atom. The number of halogens is 3. The molecule has 2 aromatic rings. The van der Waals surface area contributed by atoms with Crippen molar-refractivity contribution < 1.29 is 35.9 Å². The van der Waals surface area contributed by atoms with E-state index in [2.05, 4.69) is 0 Å². The Morgan fingerprint density at radius 2 is 1.59 bits per heavy atom. The van der Waals surface area contributed by atoms with Crippen molar-refractivity contribution in [3.63, 3.8) is 0 Å². The number of morpholine rings is 1. The maximum atomic E-state index is 13.6. The minimum Gasteiger partial charge on any atom is -0.366 e. The lowest BCUT2D eigenvalue weighted by Gasteiger charge is -2.46. The smallest absolute Gasteiger partial charge is 0.366 e. The van der Waals surface area contributed by atoms with Crippen LogP contribution in [-0.4, -0.2) is 50.8 Å². The maximum Gasteiger partial charge on any atom is 0.417 e. The Bertz CT molecular complexity index is 1470. The second-order valence-electron chi connectivity index (χ2n) is 10.2. The minimum atomic E-state index is -4.85. The van der Waals surface area contributed by atoms with E-state index < -0.39 is 62.0 Å². The molecule has 3 aliphatic heterocycles. The molecular weight excluding hydrogens is 511 g/mol. The number of hydrogen-bond donors (Lipinski definition) is 0. The van der Waals surface area contributed by atoms with E-state index in [1.54, 1.807) is 26.0 Å². The van der Waals surface area contributed by atoms with E-state index in [0.717, 1.165) is 23.3 Å². The summed E-state index contributed by atoms with van der Waals surface area (Å²) in [5, 5.41) is 9.08. The molecule has 4 atom stereocenters. The number of anilines is 2. The standard InChI is InChI=1S/C25H22F3N3O5S/c1-23-12-30(15-5-4-6-17(9-15)37(3,34)35)13-24(2,36-23)20-19(23)21(32)31(22(20)33)16-8-7-14(11-29)18(10-16)25(26,27)28/h4-10,19-20H,12-13H2,1-3H3. The molecule has 4 unspecified atom stereocenters. The lowest BCUT2D eigenvalue weighted by atomic mass is 9.79. The normalized spacial score (nSPS) is 29.4. The van der Waals surface area contributed by atoms with Crippen LogP contribution in [0.2, 0.25) is 0 Å². The first kappa shape index (κ1) is 25.2. The molecule has 0 radical (unpaired) electrons. The molecule has 37 heavy (non-hydrogen) atoms. The number of carbonyl (C=O) groups excluding carboxylic acids is 2. The van der Waals surface area contributed by atoms with Crippen LogP contribution < -0.4 is 9.80 Å². The van der Waals surface area contributed by atoms with Crippen LogP contribution in [0.25, 0.3) is 0 Å². The fourth-order valence-electron chi connectivity index (χ4n) is 5.99. The summed E-state index contributed by atoms with van der Waals surface area (Å²) in [6.45, 7) is 3.67. The quantitative estimate of drug-likeness (QED) is 0.558. The first-order chi connectivity index (χ1) is 17.1. The van der Waals surface area contributed by atoms with Gasteiger partial charge in [-0.1, -0.05) is 6.07 Å². The maximum absolute atomic E-state index is 13.6. The Morgan fingerprint density at radius 1 is 1.00 bits per heavy atom. The van der Waals surface area contributed by atoms with E-state index in [1.165, 1.54) is 18.2 Å². The lowest BCUT2D eigenvalue weighted by molar-refractivity contribution is -0.142. The number of rotatable bonds is 3. The van der Waals surface area contributed by atoms with Crippen molar-refractivity contribution in [3.8, 4) is 6.07 Å². The van der Waals surface area contributed by atoms with Crippen molar-refractivity contribution in [2.45, 2.75) is 36.1 Å². The third-order valence-electron chi connectivity index (χ3n) is 7.40. The van der Waals surface area contributed by atoms with Crippen LogP contribution in [-0.2, 0) is 30.3 Å². The van der Waals surface area contributed by atoms with Crippen molar-refractivity contribution in [1.29, 1.82) is 5.26 Å². The van der Waals surface area contributed by atoms with Crippen LogP contribution in [0, 0.1) is 23.2 Å². The average molecular weight is 534 g/mol. The summed E-state index contributed by atoms with van der Waals surface area (Å²) in [5.41, 5.74) is -3.84. The number of sulfone groups is 1. The molecule has 0 aliphatic carbocycles. The zero-order chi connectivity index (χ0) is 27.1. The summed E-state index contributed by atoms with van der Waals surface area (Å²) in [7, 11) is -3.47. The number of imide groups is 1. The Balaban J connectivity index is 1.53. The van der Waals surface area contributed by atoms with Crippen LogP contribution in [0.3, 0.4) is 0 Å². The second-order valence-corrected chi connectivity index (χ2v) is 12.2. The van der Waals surface area contributed by atoms with Crippen LogP contribution >= 0.6 is 0 Å². The summed E-state index contributed by atoms with van der Waals surface area (Å²) < 4.78 is 71.0. The molecule has 5 rings (SSSR count). The largest absolute Gasteiger partial charge is 0.417 e. The zero-order valence-corrected chi connectivity index (χ0v) is 20.9. The predicted molar refractivity (Wildman–Crippen MR) is 125 cm³/mol. The SMILES string of the molecule is CC12CN(c3cccc(S(C)(=O)=O)c3)CC(C)(O1)C1C(=O)N(c3ccc(C#N)c(C(F)(F)F)c3)C(=O)C12. The van der Waals surface area contributed by atoms with E-state index in [9.17, 15) is 31.2 Å². The van der Waals surface area contributed by atoms with Crippen molar-refractivity contribution in [2.75, 3.05) is 29.1 Å². The first-order valence-corrected chi connectivity index (χ1v) is 13.2. The second kappa shape index (κ2) is 7.79. The van der Waals surface area contributed by atoms with E-state index in [1.807, 2.05) is 4.90 Å². The van der Waals surface area contributed by atoms with Gasteiger partial charge in [-0.25, -0.2) is 13.3 Å². The molecule has 3 heterocycles. The van der Waals surface area contributed by atoms with Gasteiger partial charge in [0, 0.05) is 25.0 Å². The molecule has 194 valence electrons. The number of hydrogen-bond acceptors (Lipinski definition) is 7. The number of ether oxygens (including phenoxy) is 1. The van der Waals surface area contributed by atoms with E-state index in [-0.39, 0.29) is 23.7 Å². The third kappa shape index (κ3) is 3.79. The molecule has 2 bridgehead atoms. The van der Waals surface area contributed by atoms with Gasteiger partial charge in [-0.2, -0.15) is 18.4 Å². The molecule has 2 amide bonds. The molecular formula is C25H22F3N3O5S. The Labute approximate surface area is 211 Å². The van der Waals surface area contributed by atoms with Gasteiger partial charge in [0.05, 0.1) is 50.8 Å². The lowest BCUT2D eigenvalue weighted by Crippen LogP contribution is -2.58. The minimum absolute atomic E-state index is 0.124. The van der Waals surface area contributed by atoms with Crippen molar-refractivity contribution in [3.05, 3.63) is 53.6 Å². The monoisotopic (exact) mass is 533 g/mol. The molecule has 0 spiro atoms. The van der Waals surface area contributed by atoms with Gasteiger partial charge in [0.15, 0.2) is 9.84 Å². The van der Waals surface area contributed by atoms with Gasteiger partial charge < -0.3 is 9.64 Å². The van der Waals surface area contributed by atoms with E-state index in [4.69, 9.17) is 10.00 Å². The average Bonchev–Trinajstić information content (AvgIpc) is 3.17. The summed E-state index contributed by atoms with van der Waals surface area (Å²) in [5.74, 6) is -3.27. The van der Waals surface area contributed by atoms with Crippen molar-refractivity contribution in [2.24, 2.45) is 11.8 Å². The number of carbonyl (C=O) groups is 2. The topological polar surface area (TPSA) is 108 Å². The van der Waals surface area contributed by atoms with Crippen LogP contribution in [0.15, 0.2) is 47.4 Å². The molecule has 3 aliphatic rings. The fourth-order valence-corrected chi connectivity index (χ4v) is 6.65. The fraction of sp³-hybridized carbons (Fsp3) is 0.400. The van der Waals surface area contributed by atoms with Crippen LogP contribution in [0.5, 0.6) is 0 Å². The molecule has 0 saturated carbocycles. The van der Waals surface area contributed by atoms with E-state index >= 15 is 0 Å². The highest BCUT2D eigenvalue weighted by molar-refractivity contribution is 7.90. The van der Waals surface area contributed by atoms with Gasteiger partial charge in [0.25, 0.3) is 0 Å². The third-order valence-corrected chi connectivity index (χ3v) is 8.51. The predicted octanol–water partition coefficient (Wildman–Crippen LogP) is 3.15. The summed E-state index contributed by atoms with van der Waals surface area (Å²) in [4.78, 5) is 30.0. The number of alkyl halides is 3. The van der Waals surface area contributed by atoms with Gasteiger partial charge in [-0.3, -0.25) is 9.59 Å². The first-order valence-electron chi connectivity index (χ1n) is 11.3. The van der Waals surface area contributed by atoms with Gasteiger partial charge in [-0.05, 0) is 50.2 Å². The van der Waals surface area contributed by atoms with Gasteiger partial charge in [0.1, 0.15) is 0 Å². The Kier molecular flexibility index (Phi) is 5.31. The number of nitriles is 1. The zero-order valence-electron chi connectivity index (χ0n) is 20.0. The molecule has 2 aromatic carbocycles. The molecule has 12 heteroatoms. The van der Waals surface area contributed by atoms with Crippen LogP contribution in [0.1, 0.15) is 25.0 Å². The molecule has 3 fully saturated rings. The Hall–Kier alpha value is -3.43. The number of nitrogens with zero attached hydrogens (tertiary/aromatic N) is 3. The summed E-state index contributed by atoms with van der Waals surface area (Å²) >= 11 is 0. The van der Waals surface area contributed by atoms with Gasteiger partial charge >= 0.3 is 6.18 Å². The number of benzene rings is 2. The van der Waals surface area contributed by atoms with Crippen LogP contribution in [0.4, 0.5) is 24.5 Å². The van der Waals surface area contributed by atoms with Gasteiger partial charge in [0.2, 0.25) is 11.8 Å². The molecule has 3 saturated heterocycles. The van der Waals surface area contributed by atoms with Gasteiger partial charge in [-0.15, -0.1) is 0 Å².